The summed E-state index contributed by atoms with van der Waals surface area (Å²) in [6.45, 7) is 5.13. The molecule has 0 aliphatic heterocycles. The van der Waals surface area contributed by atoms with Gasteiger partial charge in [-0.1, -0.05) is 0 Å². The third kappa shape index (κ3) is 3.49. The predicted octanol–water partition coefficient (Wildman–Crippen LogP) is 3.85. The molecule has 0 saturated heterocycles. The Bertz CT molecular complexity index is 1340. The summed E-state index contributed by atoms with van der Waals surface area (Å²) in [4.78, 5) is 35.1. The Labute approximate surface area is 167 Å². The maximum absolute atomic E-state index is 13.3. The Morgan fingerprint density at radius 2 is 1.79 bits per heavy atom. The predicted molar refractivity (Wildman–Crippen MR) is 108 cm³/mol. The molecule has 1 amide bonds. The number of thiophene rings is 1. The van der Waals surface area contributed by atoms with E-state index in [1.54, 1.807) is 6.92 Å². The summed E-state index contributed by atoms with van der Waals surface area (Å²) in [5, 5.41) is 3.24. The van der Waals surface area contributed by atoms with Crippen LogP contribution in [0, 0.1) is 32.4 Å². The largest absolute Gasteiger partial charge is 0.324 e. The zero-order chi connectivity index (χ0) is 20.9. The maximum Gasteiger partial charge on any atom is 0.272 e. The van der Waals surface area contributed by atoms with Gasteiger partial charge in [-0.2, -0.15) is 0 Å². The summed E-state index contributed by atoms with van der Waals surface area (Å²) >= 11 is 1.24. The van der Waals surface area contributed by atoms with Crippen LogP contribution in [0.25, 0.3) is 20.4 Å². The number of aromatic nitrogens is 3. The summed E-state index contributed by atoms with van der Waals surface area (Å²) in [5.41, 5.74) is 2.02. The van der Waals surface area contributed by atoms with Crippen LogP contribution in [-0.4, -0.2) is 20.4 Å². The molecule has 148 valence electrons. The summed E-state index contributed by atoms with van der Waals surface area (Å²) in [7, 11) is 0. The number of fused-ring (bicyclic) bond motifs is 3. The quantitative estimate of drug-likeness (QED) is 0.553. The van der Waals surface area contributed by atoms with E-state index < -0.39 is 17.5 Å². The molecule has 0 unspecified atom stereocenters. The Hall–Kier alpha value is -3.20. The Morgan fingerprint density at radius 3 is 2.48 bits per heavy atom. The van der Waals surface area contributed by atoms with Crippen LogP contribution in [0.15, 0.2) is 29.1 Å². The second-order valence-corrected chi connectivity index (χ2v) is 7.80. The van der Waals surface area contributed by atoms with Gasteiger partial charge in [-0.3, -0.25) is 14.2 Å². The number of aryl methyl sites for hydroxylation is 3. The SMILES string of the molecule is Cc1cc(C)c2c(n1)sc1c(=O)n(CC(=O)Nc3cc(F)cc(F)c3)c(C)nc12. The molecule has 6 nitrogen and oxygen atoms in total. The molecule has 4 aromatic rings. The van der Waals surface area contributed by atoms with Crippen molar-refractivity contribution in [3.8, 4) is 0 Å². The van der Waals surface area contributed by atoms with Crippen molar-refractivity contribution in [2.45, 2.75) is 27.3 Å². The van der Waals surface area contributed by atoms with Crippen LogP contribution in [0.2, 0.25) is 0 Å². The van der Waals surface area contributed by atoms with E-state index >= 15 is 0 Å². The van der Waals surface area contributed by atoms with Crippen molar-refractivity contribution in [2.24, 2.45) is 0 Å². The molecule has 9 heteroatoms. The highest BCUT2D eigenvalue weighted by Gasteiger charge is 2.18. The molecular formula is C20H16F2N4O2S. The topological polar surface area (TPSA) is 76.9 Å². The van der Waals surface area contributed by atoms with Gasteiger partial charge in [0.2, 0.25) is 5.91 Å². The van der Waals surface area contributed by atoms with E-state index in [0.717, 1.165) is 33.6 Å². The summed E-state index contributed by atoms with van der Waals surface area (Å²) < 4.78 is 28.3. The Balaban J connectivity index is 1.74. The van der Waals surface area contributed by atoms with Gasteiger partial charge in [-0.15, -0.1) is 11.3 Å². The van der Waals surface area contributed by atoms with Crippen LogP contribution in [0.3, 0.4) is 0 Å². The Morgan fingerprint density at radius 1 is 1.10 bits per heavy atom. The molecule has 0 aliphatic rings. The van der Waals surface area contributed by atoms with Crippen molar-refractivity contribution in [1.29, 1.82) is 0 Å². The number of pyridine rings is 1. The first-order chi connectivity index (χ1) is 13.7. The molecule has 0 aliphatic carbocycles. The number of rotatable bonds is 3. The average molecular weight is 414 g/mol. The molecule has 0 radical (unpaired) electrons. The fourth-order valence-electron chi connectivity index (χ4n) is 3.32. The van der Waals surface area contributed by atoms with E-state index in [2.05, 4.69) is 15.3 Å². The van der Waals surface area contributed by atoms with E-state index in [-0.39, 0.29) is 17.8 Å². The normalized spacial score (nSPS) is 11.3. The molecule has 4 rings (SSSR count). The van der Waals surface area contributed by atoms with Crippen LogP contribution in [0.4, 0.5) is 14.5 Å². The first-order valence-corrected chi connectivity index (χ1v) is 9.58. The zero-order valence-corrected chi connectivity index (χ0v) is 16.7. The van der Waals surface area contributed by atoms with Crippen LogP contribution in [-0.2, 0) is 11.3 Å². The van der Waals surface area contributed by atoms with Gasteiger partial charge >= 0.3 is 0 Å². The lowest BCUT2D eigenvalue weighted by molar-refractivity contribution is -0.116. The monoisotopic (exact) mass is 414 g/mol. The summed E-state index contributed by atoms with van der Waals surface area (Å²) in [6, 6.07) is 4.64. The fraction of sp³-hybridized carbons (Fsp3) is 0.200. The molecular weight excluding hydrogens is 398 g/mol. The highest BCUT2D eigenvalue weighted by Crippen LogP contribution is 2.32. The molecule has 0 fully saturated rings. The molecule has 0 bridgehead atoms. The molecule has 3 aromatic heterocycles. The van der Waals surface area contributed by atoms with E-state index in [9.17, 15) is 18.4 Å². The van der Waals surface area contributed by atoms with Crippen molar-refractivity contribution >= 4 is 43.4 Å². The summed E-state index contributed by atoms with van der Waals surface area (Å²) in [5.74, 6) is -1.84. The van der Waals surface area contributed by atoms with Crippen LogP contribution in [0.1, 0.15) is 17.1 Å². The van der Waals surface area contributed by atoms with Crippen molar-refractivity contribution in [3.05, 3.63) is 63.3 Å². The van der Waals surface area contributed by atoms with E-state index in [1.807, 2.05) is 19.9 Å². The zero-order valence-electron chi connectivity index (χ0n) is 15.8. The van der Waals surface area contributed by atoms with Gasteiger partial charge in [0.05, 0.1) is 5.52 Å². The number of nitrogens with one attached hydrogen (secondary N) is 1. The second-order valence-electron chi connectivity index (χ2n) is 6.80. The van der Waals surface area contributed by atoms with Crippen molar-refractivity contribution in [1.82, 2.24) is 14.5 Å². The number of amides is 1. The Kier molecular flexibility index (Phi) is 4.62. The number of benzene rings is 1. The number of hydrogen-bond donors (Lipinski definition) is 1. The van der Waals surface area contributed by atoms with Crippen molar-refractivity contribution in [3.63, 3.8) is 0 Å². The van der Waals surface area contributed by atoms with E-state index in [1.165, 1.54) is 15.9 Å². The standard InChI is InChI=1S/C20H16F2N4O2S/c1-9-4-10(2)23-19-16(9)17-18(29-19)20(28)26(11(3)24-17)8-15(27)25-14-6-12(21)5-13(22)7-14/h4-7H,8H2,1-3H3,(H,25,27). The molecule has 0 spiro atoms. The first kappa shape index (κ1) is 19.1. The molecule has 3 heterocycles. The third-order valence-electron chi connectivity index (χ3n) is 4.51. The van der Waals surface area contributed by atoms with Crippen molar-refractivity contribution < 1.29 is 13.6 Å². The highest BCUT2D eigenvalue weighted by molar-refractivity contribution is 7.25. The second kappa shape index (κ2) is 7.00. The minimum Gasteiger partial charge on any atom is -0.324 e. The van der Waals surface area contributed by atoms with Gasteiger partial charge in [0.15, 0.2) is 0 Å². The third-order valence-corrected chi connectivity index (χ3v) is 5.57. The number of halogens is 2. The van der Waals surface area contributed by atoms with Crippen molar-refractivity contribution in [2.75, 3.05) is 5.32 Å². The average Bonchev–Trinajstić information content (AvgIpc) is 2.96. The van der Waals surface area contributed by atoms with Crippen LogP contribution in [0.5, 0.6) is 0 Å². The lowest BCUT2D eigenvalue weighted by atomic mass is 10.1. The summed E-state index contributed by atoms with van der Waals surface area (Å²) in [6.07, 6.45) is 0. The fourth-order valence-corrected chi connectivity index (χ4v) is 4.51. The molecule has 29 heavy (non-hydrogen) atoms. The molecule has 0 saturated carbocycles. The van der Waals surface area contributed by atoms with Gasteiger partial charge in [-0.25, -0.2) is 18.7 Å². The van der Waals surface area contributed by atoms with Crippen LogP contribution < -0.4 is 10.9 Å². The molecule has 0 atom stereocenters. The lowest BCUT2D eigenvalue weighted by Crippen LogP contribution is -2.29. The minimum absolute atomic E-state index is 0.0237. The van der Waals surface area contributed by atoms with E-state index in [0.29, 0.717) is 22.1 Å². The molecule has 1 aromatic carbocycles. The number of carbonyl (C=O) groups excluding carboxylic acids is 1. The molecule has 1 N–H and O–H groups in total. The minimum atomic E-state index is -0.805. The number of anilines is 1. The lowest BCUT2D eigenvalue weighted by Gasteiger charge is -2.10. The van der Waals surface area contributed by atoms with Gasteiger partial charge in [0.1, 0.15) is 33.5 Å². The van der Waals surface area contributed by atoms with Gasteiger partial charge in [0.25, 0.3) is 5.56 Å². The van der Waals surface area contributed by atoms with Gasteiger partial charge in [0, 0.05) is 22.8 Å². The smallest absolute Gasteiger partial charge is 0.272 e. The van der Waals surface area contributed by atoms with Gasteiger partial charge in [-0.05, 0) is 44.5 Å². The first-order valence-electron chi connectivity index (χ1n) is 8.77. The van der Waals surface area contributed by atoms with E-state index in [4.69, 9.17) is 0 Å². The van der Waals surface area contributed by atoms with Gasteiger partial charge < -0.3 is 5.32 Å². The number of hydrogen-bond acceptors (Lipinski definition) is 5. The number of carbonyl (C=O) groups is 1. The van der Waals surface area contributed by atoms with Crippen LogP contribution >= 0.6 is 11.3 Å². The highest BCUT2D eigenvalue weighted by atomic mass is 32.1. The number of nitrogens with zero attached hydrogens (tertiary/aromatic N) is 3. The maximum atomic E-state index is 13.3.